The number of nitrogens with two attached hydrogens (primary N) is 1. The van der Waals surface area contributed by atoms with Gasteiger partial charge in [0.25, 0.3) is 0 Å². The third-order valence-corrected chi connectivity index (χ3v) is 1.49. The molecule has 0 aliphatic heterocycles. The molecule has 0 bridgehead atoms. The summed E-state index contributed by atoms with van der Waals surface area (Å²) in [5, 5.41) is 17.5. The van der Waals surface area contributed by atoms with Crippen molar-refractivity contribution in [3.63, 3.8) is 0 Å². The van der Waals surface area contributed by atoms with Crippen LogP contribution in [-0.4, -0.2) is 10.2 Å². The first-order chi connectivity index (χ1) is 5.04. The molecule has 3 nitrogen and oxygen atoms in total. The molecule has 0 fully saturated rings. The Bertz CT molecular complexity index is 277. The monoisotopic (exact) mass is 177 g/mol. The number of anilines is 1. The standard InChI is InChI=1S/C6H5ClFNO2/c7-2-1-3(10)4(8)5(9)6(2)11/h1,10-11H,9H2. The lowest BCUT2D eigenvalue weighted by atomic mass is 10.2. The molecule has 11 heavy (non-hydrogen) atoms. The Morgan fingerprint density at radius 3 is 2.55 bits per heavy atom. The van der Waals surface area contributed by atoms with Crippen LogP contribution in [0.25, 0.3) is 0 Å². The maximum absolute atomic E-state index is 12.6. The summed E-state index contributed by atoms with van der Waals surface area (Å²) < 4.78 is 12.6. The van der Waals surface area contributed by atoms with Crippen molar-refractivity contribution in [3.05, 3.63) is 16.9 Å². The third-order valence-electron chi connectivity index (χ3n) is 1.21. The second-order valence-electron chi connectivity index (χ2n) is 1.95. The zero-order chi connectivity index (χ0) is 8.59. The molecular formula is C6H5ClFNO2. The average Bonchev–Trinajstić information content (AvgIpc) is 1.97. The average molecular weight is 178 g/mol. The zero-order valence-electron chi connectivity index (χ0n) is 5.31. The Hall–Kier alpha value is -1.16. The van der Waals surface area contributed by atoms with E-state index in [-0.39, 0.29) is 5.02 Å². The fourth-order valence-corrected chi connectivity index (χ4v) is 0.827. The summed E-state index contributed by atoms with van der Waals surface area (Å²) in [5.74, 6) is -2.29. The van der Waals surface area contributed by atoms with Gasteiger partial charge in [-0.25, -0.2) is 4.39 Å². The van der Waals surface area contributed by atoms with E-state index < -0.39 is 23.0 Å². The molecular weight excluding hydrogens is 173 g/mol. The molecule has 4 N–H and O–H groups in total. The van der Waals surface area contributed by atoms with E-state index in [1.54, 1.807) is 0 Å². The van der Waals surface area contributed by atoms with Crippen LogP contribution >= 0.6 is 11.6 Å². The summed E-state index contributed by atoms with van der Waals surface area (Å²) >= 11 is 5.33. The minimum atomic E-state index is -1.06. The van der Waals surface area contributed by atoms with E-state index in [1.807, 2.05) is 0 Å². The number of benzene rings is 1. The number of halogens is 2. The van der Waals surface area contributed by atoms with Crippen LogP contribution in [0.2, 0.25) is 5.02 Å². The maximum Gasteiger partial charge on any atom is 0.191 e. The number of hydrogen-bond donors (Lipinski definition) is 3. The highest BCUT2D eigenvalue weighted by Crippen LogP contribution is 2.36. The van der Waals surface area contributed by atoms with E-state index >= 15 is 0 Å². The molecule has 0 heterocycles. The highest BCUT2D eigenvalue weighted by atomic mass is 35.5. The molecule has 0 radical (unpaired) electrons. The molecule has 1 rings (SSSR count). The molecule has 0 amide bonds. The highest BCUT2D eigenvalue weighted by Gasteiger charge is 2.12. The first-order valence-corrected chi connectivity index (χ1v) is 3.07. The molecule has 0 spiro atoms. The molecule has 0 saturated heterocycles. The number of hydrogen-bond acceptors (Lipinski definition) is 3. The van der Waals surface area contributed by atoms with Crippen LogP contribution < -0.4 is 5.73 Å². The predicted octanol–water partition coefficient (Wildman–Crippen LogP) is 1.47. The number of aromatic hydroxyl groups is 2. The summed E-state index contributed by atoms with van der Waals surface area (Å²) in [5.41, 5.74) is 4.47. The molecule has 5 heteroatoms. The fraction of sp³-hybridized carbons (Fsp3) is 0. The normalized spacial score (nSPS) is 10.0. The van der Waals surface area contributed by atoms with Crippen LogP contribution in [0.3, 0.4) is 0 Å². The summed E-state index contributed by atoms with van der Waals surface area (Å²) in [4.78, 5) is 0. The maximum atomic E-state index is 12.6. The van der Waals surface area contributed by atoms with Crippen LogP contribution in [0.1, 0.15) is 0 Å². The highest BCUT2D eigenvalue weighted by molar-refractivity contribution is 6.32. The second kappa shape index (κ2) is 2.47. The molecule has 0 unspecified atom stereocenters. The molecule has 0 saturated carbocycles. The van der Waals surface area contributed by atoms with E-state index in [9.17, 15) is 4.39 Å². The molecule has 0 atom stereocenters. The number of phenols is 2. The van der Waals surface area contributed by atoms with Gasteiger partial charge in [-0.15, -0.1) is 0 Å². The van der Waals surface area contributed by atoms with Crippen molar-refractivity contribution < 1.29 is 14.6 Å². The van der Waals surface area contributed by atoms with Crippen molar-refractivity contribution in [2.45, 2.75) is 0 Å². The quantitative estimate of drug-likeness (QED) is 0.319. The Morgan fingerprint density at radius 2 is 2.00 bits per heavy atom. The van der Waals surface area contributed by atoms with Gasteiger partial charge in [0.15, 0.2) is 17.3 Å². The largest absolute Gasteiger partial charge is 0.505 e. The predicted molar refractivity (Wildman–Crippen MR) is 39.2 cm³/mol. The second-order valence-corrected chi connectivity index (χ2v) is 2.36. The van der Waals surface area contributed by atoms with E-state index in [0.29, 0.717) is 0 Å². The first-order valence-electron chi connectivity index (χ1n) is 2.69. The zero-order valence-corrected chi connectivity index (χ0v) is 6.06. The molecule has 0 aliphatic carbocycles. The van der Waals surface area contributed by atoms with E-state index in [1.165, 1.54) is 0 Å². The van der Waals surface area contributed by atoms with Crippen LogP contribution in [0.5, 0.6) is 11.5 Å². The number of phenolic OH excluding ortho intramolecular Hbond substituents is 2. The van der Waals surface area contributed by atoms with Crippen molar-refractivity contribution in [1.82, 2.24) is 0 Å². The van der Waals surface area contributed by atoms with E-state index in [4.69, 9.17) is 27.5 Å². The number of nitrogen functional groups attached to an aromatic ring is 1. The molecule has 60 valence electrons. The SMILES string of the molecule is Nc1c(O)c(Cl)cc(O)c1F. The van der Waals surface area contributed by atoms with Crippen molar-refractivity contribution >= 4 is 17.3 Å². The Kier molecular flexibility index (Phi) is 1.78. The fourth-order valence-electron chi connectivity index (χ4n) is 0.622. The van der Waals surface area contributed by atoms with Gasteiger partial charge in [0.1, 0.15) is 5.69 Å². The Labute approximate surface area is 66.8 Å². The van der Waals surface area contributed by atoms with Crippen molar-refractivity contribution in [1.29, 1.82) is 0 Å². The van der Waals surface area contributed by atoms with Gasteiger partial charge in [-0.2, -0.15) is 0 Å². The van der Waals surface area contributed by atoms with Crippen LogP contribution in [-0.2, 0) is 0 Å². The minimum Gasteiger partial charge on any atom is -0.505 e. The summed E-state index contributed by atoms with van der Waals surface area (Å²) in [6, 6.07) is 0.878. The topological polar surface area (TPSA) is 66.5 Å². The molecule has 1 aromatic rings. The summed E-state index contributed by atoms with van der Waals surface area (Å²) in [6.07, 6.45) is 0. The van der Waals surface area contributed by atoms with Crippen molar-refractivity contribution in [2.24, 2.45) is 0 Å². The van der Waals surface area contributed by atoms with Crippen LogP contribution in [0, 0.1) is 5.82 Å². The Balaban J connectivity index is 3.46. The van der Waals surface area contributed by atoms with Crippen molar-refractivity contribution in [3.8, 4) is 11.5 Å². The molecule has 1 aromatic carbocycles. The lowest BCUT2D eigenvalue weighted by Gasteiger charge is -2.03. The van der Waals surface area contributed by atoms with Gasteiger partial charge in [0, 0.05) is 6.07 Å². The lowest BCUT2D eigenvalue weighted by Crippen LogP contribution is -1.91. The van der Waals surface area contributed by atoms with Gasteiger partial charge in [0.2, 0.25) is 0 Å². The summed E-state index contributed by atoms with van der Waals surface area (Å²) in [6.45, 7) is 0. The van der Waals surface area contributed by atoms with E-state index in [0.717, 1.165) is 6.07 Å². The van der Waals surface area contributed by atoms with Crippen LogP contribution in [0.4, 0.5) is 10.1 Å². The lowest BCUT2D eigenvalue weighted by molar-refractivity contribution is 0.425. The van der Waals surface area contributed by atoms with Gasteiger partial charge >= 0.3 is 0 Å². The molecule has 0 aromatic heterocycles. The van der Waals surface area contributed by atoms with Gasteiger partial charge < -0.3 is 15.9 Å². The first kappa shape index (κ1) is 7.94. The minimum absolute atomic E-state index is 0.179. The van der Waals surface area contributed by atoms with Crippen molar-refractivity contribution in [2.75, 3.05) is 5.73 Å². The van der Waals surface area contributed by atoms with Gasteiger partial charge in [-0.05, 0) is 0 Å². The molecule has 0 aliphatic rings. The smallest absolute Gasteiger partial charge is 0.191 e. The van der Waals surface area contributed by atoms with Gasteiger partial charge in [0.05, 0.1) is 5.02 Å². The van der Waals surface area contributed by atoms with E-state index in [2.05, 4.69) is 0 Å². The van der Waals surface area contributed by atoms with Crippen LogP contribution in [0.15, 0.2) is 6.07 Å². The van der Waals surface area contributed by atoms with Gasteiger partial charge in [-0.3, -0.25) is 0 Å². The number of rotatable bonds is 0. The van der Waals surface area contributed by atoms with Gasteiger partial charge in [-0.1, -0.05) is 11.6 Å². The Morgan fingerprint density at radius 1 is 1.45 bits per heavy atom. The summed E-state index contributed by atoms with van der Waals surface area (Å²) in [7, 11) is 0. The third kappa shape index (κ3) is 1.17.